The predicted octanol–water partition coefficient (Wildman–Crippen LogP) is 2.15. The summed E-state index contributed by atoms with van der Waals surface area (Å²) in [5.74, 6) is 1.61. The molecule has 0 atom stereocenters. The van der Waals surface area contributed by atoms with Gasteiger partial charge in [-0.25, -0.2) is 0 Å². The number of ether oxygens (including phenoxy) is 2. The van der Waals surface area contributed by atoms with Crippen LogP contribution in [-0.4, -0.2) is 35.9 Å². The van der Waals surface area contributed by atoms with E-state index in [-0.39, 0.29) is 5.91 Å². The standard InChI is InChI=1S/C17H24N4O3/c1-3-23-14-8-7-12(10-15(14)24-4-2)6-5-9-19-17(22)13-11-16(18)21-20-13/h7-8,10-11H,3-6,9H2,1-2H3,(H,19,22)(H3,18,20,21). The number of amides is 1. The van der Waals surface area contributed by atoms with Gasteiger partial charge in [0.2, 0.25) is 0 Å². The van der Waals surface area contributed by atoms with Gasteiger partial charge in [0.15, 0.2) is 11.5 Å². The summed E-state index contributed by atoms with van der Waals surface area (Å²) in [6, 6.07) is 7.45. The Bertz CT molecular complexity index is 670. The Kier molecular flexibility index (Phi) is 6.48. The molecule has 0 aliphatic heterocycles. The second-order valence-corrected chi connectivity index (χ2v) is 5.21. The Labute approximate surface area is 141 Å². The molecule has 0 unspecified atom stereocenters. The van der Waals surface area contributed by atoms with Gasteiger partial charge in [0, 0.05) is 12.6 Å². The predicted molar refractivity (Wildman–Crippen MR) is 92.4 cm³/mol. The van der Waals surface area contributed by atoms with Crippen molar-refractivity contribution >= 4 is 11.7 Å². The Morgan fingerprint density at radius 2 is 1.96 bits per heavy atom. The van der Waals surface area contributed by atoms with E-state index in [1.165, 1.54) is 6.07 Å². The first-order valence-electron chi connectivity index (χ1n) is 8.11. The second-order valence-electron chi connectivity index (χ2n) is 5.21. The number of H-pyrrole nitrogens is 1. The minimum absolute atomic E-state index is 0.208. The molecule has 0 radical (unpaired) electrons. The number of carbonyl (C=O) groups excluding carboxylic acids is 1. The van der Waals surface area contributed by atoms with E-state index >= 15 is 0 Å². The number of hydrogen-bond acceptors (Lipinski definition) is 5. The van der Waals surface area contributed by atoms with Crippen molar-refractivity contribution in [2.75, 3.05) is 25.5 Å². The molecule has 0 saturated heterocycles. The molecule has 1 heterocycles. The van der Waals surface area contributed by atoms with Crippen molar-refractivity contribution in [1.82, 2.24) is 15.5 Å². The molecular weight excluding hydrogens is 308 g/mol. The summed E-state index contributed by atoms with van der Waals surface area (Å²) in [4.78, 5) is 11.9. The first kappa shape index (κ1) is 17.7. The molecule has 0 aliphatic rings. The lowest BCUT2D eigenvalue weighted by Crippen LogP contribution is -2.25. The Morgan fingerprint density at radius 1 is 1.21 bits per heavy atom. The van der Waals surface area contributed by atoms with Crippen molar-refractivity contribution in [2.24, 2.45) is 0 Å². The lowest BCUT2D eigenvalue weighted by molar-refractivity contribution is 0.0948. The van der Waals surface area contributed by atoms with Crippen molar-refractivity contribution in [1.29, 1.82) is 0 Å². The van der Waals surface area contributed by atoms with Crippen LogP contribution in [0.15, 0.2) is 24.3 Å². The van der Waals surface area contributed by atoms with Gasteiger partial charge in [0.05, 0.1) is 13.2 Å². The molecule has 0 fully saturated rings. The first-order chi connectivity index (χ1) is 11.6. The van der Waals surface area contributed by atoms with Crippen LogP contribution >= 0.6 is 0 Å². The molecule has 0 saturated carbocycles. The number of nitrogens with one attached hydrogen (secondary N) is 2. The minimum atomic E-state index is -0.208. The molecule has 2 aromatic rings. The molecule has 1 aromatic heterocycles. The summed E-state index contributed by atoms with van der Waals surface area (Å²) >= 11 is 0. The van der Waals surface area contributed by atoms with Crippen LogP contribution in [0.25, 0.3) is 0 Å². The highest BCUT2D eigenvalue weighted by Gasteiger charge is 2.09. The van der Waals surface area contributed by atoms with E-state index in [4.69, 9.17) is 15.2 Å². The third-order valence-corrected chi connectivity index (χ3v) is 3.38. The zero-order chi connectivity index (χ0) is 17.4. The fourth-order valence-corrected chi connectivity index (χ4v) is 2.29. The number of benzene rings is 1. The van der Waals surface area contributed by atoms with E-state index in [1.807, 2.05) is 32.0 Å². The van der Waals surface area contributed by atoms with E-state index in [0.29, 0.717) is 31.3 Å². The fourth-order valence-electron chi connectivity index (χ4n) is 2.29. The number of nitrogens with two attached hydrogens (primary N) is 1. The Hall–Kier alpha value is -2.70. The van der Waals surface area contributed by atoms with Gasteiger partial charge in [-0.05, 0) is 44.4 Å². The largest absolute Gasteiger partial charge is 0.490 e. The van der Waals surface area contributed by atoms with Crippen molar-refractivity contribution in [3.8, 4) is 11.5 Å². The normalized spacial score (nSPS) is 10.4. The third kappa shape index (κ3) is 4.91. The summed E-state index contributed by atoms with van der Waals surface area (Å²) in [7, 11) is 0. The van der Waals surface area contributed by atoms with Crippen LogP contribution in [0.5, 0.6) is 11.5 Å². The van der Waals surface area contributed by atoms with Crippen LogP contribution in [0.4, 0.5) is 5.82 Å². The van der Waals surface area contributed by atoms with Gasteiger partial charge < -0.3 is 20.5 Å². The van der Waals surface area contributed by atoms with Crippen molar-refractivity contribution in [3.05, 3.63) is 35.5 Å². The van der Waals surface area contributed by atoms with Crippen molar-refractivity contribution in [3.63, 3.8) is 0 Å². The maximum absolute atomic E-state index is 11.9. The summed E-state index contributed by atoms with van der Waals surface area (Å²) in [5, 5.41) is 9.15. The van der Waals surface area contributed by atoms with E-state index in [9.17, 15) is 4.79 Å². The highest BCUT2D eigenvalue weighted by Crippen LogP contribution is 2.28. The van der Waals surface area contributed by atoms with E-state index in [2.05, 4.69) is 15.5 Å². The monoisotopic (exact) mass is 332 g/mol. The van der Waals surface area contributed by atoms with Crippen molar-refractivity contribution in [2.45, 2.75) is 26.7 Å². The molecule has 0 aliphatic carbocycles. The number of aromatic amines is 1. The molecule has 1 amide bonds. The number of carbonyl (C=O) groups is 1. The number of nitrogen functional groups attached to an aromatic ring is 1. The number of aryl methyl sites for hydroxylation is 1. The van der Waals surface area contributed by atoms with Crippen LogP contribution in [0.3, 0.4) is 0 Å². The first-order valence-corrected chi connectivity index (χ1v) is 8.11. The van der Waals surface area contributed by atoms with Gasteiger partial charge in [0.1, 0.15) is 11.5 Å². The van der Waals surface area contributed by atoms with Gasteiger partial charge in [-0.2, -0.15) is 5.10 Å². The summed E-state index contributed by atoms with van der Waals surface area (Å²) < 4.78 is 11.2. The summed E-state index contributed by atoms with van der Waals surface area (Å²) in [5.41, 5.74) is 6.98. The number of rotatable bonds is 9. The van der Waals surface area contributed by atoms with Gasteiger partial charge in [-0.3, -0.25) is 9.89 Å². The van der Waals surface area contributed by atoms with Gasteiger partial charge >= 0.3 is 0 Å². The molecule has 0 spiro atoms. The quantitative estimate of drug-likeness (QED) is 0.611. The molecule has 24 heavy (non-hydrogen) atoms. The molecule has 7 heteroatoms. The van der Waals surface area contributed by atoms with Crippen LogP contribution in [0, 0.1) is 0 Å². The number of hydrogen-bond donors (Lipinski definition) is 3. The maximum Gasteiger partial charge on any atom is 0.269 e. The number of anilines is 1. The average Bonchev–Trinajstić information content (AvgIpc) is 3.00. The number of aromatic nitrogens is 2. The van der Waals surface area contributed by atoms with Crippen LogP contribution in [0.2, 0.25) is 0 Å². The zero-order valence-electron chi connectivity index (χ0n) is 14.1. The Morgan fingerprint density at radius 3 is 2.62 bits per heavy atom. The molecule has 1 aromatic carbocycles. The SMILES string of the molecule is CCOc1ccc(CCCNC(=O)c2cc(N)n[nH]2)cc1OCC. The molecule has 7 nitrogen and oxygen atoms in total. The lowest BCUT2D eigenvalue weighted by atomic mass is 10.1. The highest BCUT2D eigenvalue weighted by molar-refractivity contribution is 5.92. The third-order valence-electron chi connectivity index (χ3n) is 3.38. The molecule has 4 N–H and O–H groups in total. The highest BCUT2D eigenvalue weighted by atomic mass is 16.5. The van der Waals surface area contributed by atoms with E-state index < -0.39 is 0 Å². The molecule has 130 valence electrons. The maximum atomic E-state index is 11.9. The van der Waals surface area contributed by atoms with Gasteiger partial charge in [-0.15, -0.1) is 0 Å². The summed E-state index contributed by atoms with van der Waals surface area (Å²) in [6.07, 6.45) is 1.65. The van der Waals surface area contributed by atoms with Crippen LogP contribution in [0.1, 0.15) is 36.3 Å². The summed E-state index contributed by atoms with van der Waals surface area (Å²) in [6.45, 7) is 5.64. The lowest BCUT2D eigenvalue weighted by Gasteiger charge is -2.12. The fraction of sp³-hybridized carbons (Fsp3) is 0.412. The average molecular weight is 332 g/mol. The van der Waals surface area contributed by atoms with E-state index in [0.717, 1.165) is 29.9 Å². The molecular formula is C17H24N4O3. The number of nitrogens with zero attached hydrogens (tertiary/aromatic N) is 1. The minimum Gasteiger partial charge on any atom is -0.490 e. The van der Waals surface area contributed by atoms with E-state index in [1.54, 1.807) is 0 Å². The van der Waals surface area contributed by atoms with Crippen LogP contribution < -0.4 is 20.5 Å². The van der Waals surface area contributed by atoms with Crippen LogP contribution in [-0.2, 0) is 6.42 Å². The second kappa shape index (κ2) is 8.81. The topological polar surface area (TPSA) is 102 Å². The zero-order valence-corrected chi connectivity index (χ0v) is 14.1. The smallest absolute Gasteiger partial charge is 0.269 e. The van der Waals surface area contributed by atoms with Crippen molar-refractivity contribution < 1.29 is 14.3 Å². The van der Waals surface area contributed by atoms with Gasteiger partial charge in [0.25, 0.3) is 5.91 Å². The molecule has 0 bridgehead atoms. The Balaban J connectivity index is 1.83. The molecule has 2 rings (SSSR count). The van der Waals surface area contributed by atoms with Gasteiger partial charge in [-0.1, -0.05) is 6.07 Å².